The van der Waals surface area contributed by atoms with E-state index in [4.69, 9.17) is 15.3 Å². The second-order valence-corrected chi connectivity index (χ2v) is 3.78. The van der Waals surface area contributed by atoms with Crippen LogP contribution in [0.2, 0.25) is 0 Å². The molecule has 0 saturated heterocycles. The normalized spacial score (nSPS) is 11.5. The zero-order valence-corrected chi connectivity index (χ0v) is 10.8. The van der Waals surface area contributed by atoms with E-state index in [0.29, 0.717) is 11.4 Å². The van der Waals surface area contributed by atoms with Crippen molar-refractivity contribution in [2.24, 2.45) is 5.84 Å². The molecule has 0 fully saturated rings. The minimum absolute atomic E-state index is 0.0798. The molecule has 1 aromatic carbocycles. The largest absolute Gasteiger partial charge is 0.478 e. The molecule has 1 atom stereocenters. The van der Waals surface area contributed by atoms with Crippen LogP contribution in [0.1, 0.15) is 6.92 Å². The van der Waals surface area contributed by atoms with Gasteiger partial charge in [0.25, 0.3) is 5.91 Å². The Kier molecular flexibility index (Phi) is 5.77. The maximum absolute atomic E-state index is 11.4. The van der Waals surface area contributed by atoms with Crippen LogP contribution in [0.3, 0.4) is 0 Å². The molecule has 1 aromatic rings. The standard InChI is InChI=1S/C12H17N3O4/c1-8(16)14-9-3-5-10(6-4-9)19-11(7-18-2)12(17)15-13/h3-6,11H,7,13H2,1-2H3,(H,14,16)(H,15,17). The van der Waals surface area contributed by atoms with E-state index in [1.807, 2.05) is 5.43 Å². The Morgan fingerprint density at radius 2 is 1.95 bits per heavy atom. The Labute approximate surface area is 111 Å². The molecule has 1 unspecified atom stereocenters. The number of rotatable bonds is 6. The van der Waals surface area contributed by atoms with Crippen LogP contribution in [0.15, 0.2) is 24.3 Å². The van der Waals surface area contributed by atoms with E-state index in [2.05, 4.69) is 5.32 Å². The molecule has 7 heteroatoms. The molecule has 2 amide bonds. The molecule has 1 rings (SSSR count). The summed E-state index contributed by atoms with van der Waals surface area (Å²) >= 11 is 0. The number of carbonyl (C=O) groups is 2. The van der Waals surface area contributed by atoms with Crippen LogP contribution < -0.4 is 21.3 Å². The number of hydrazine groups is 1. The van der Waals surface area contributed by atoms with Gasteiger partial charge >= 0.3 is 0 Å². The summed E-state index contributed by atoms with van der Waals surface area (Å²) in [4.78, 5) is 22.3. The SMILES string of the molecule is COCC(Oc1ccc(NC(C)=O)cc1)C(=O)NN. The van der Waals surface area contributed by atoms with Crippen LogP contribution in [-0.2, 0) is 14.3 Å². The third-order valence-corrected chi connectivity index (χ3v) is 2.21. The summed E-state index contributed by atoms with van der Waals surface area (Å²) in [5.41, 5.74) is 2.65. The number of amides is 2. The lowest BCUT2D eigenvalue weighted by molar-refractivity contribution is -0.130. The third kappa shape index (κ3) is 4.94. The number of nitrogens with two attached hydrogens (primary N) is 1. The fourth-order valence-corrected chi connectivity index (χ4v) is 1.39. The Hall–Kier alpha value is -2.12. The average Bonchev–Trinajstić information content (AvgIpc) is 2.39. The van der Waals surface area contributed by atoms with Gasteiger partial charge in [-0.2, -0.15) is 0 Å². The summed E-state index contributed by atoms with van der Waals surface area (Å²) in [6.07, 6.45) is -0.832. The Balaban J connectivity index is 2.69. The molecule has 0 aliphatic heterocycles. The number of ether oxygens (including phenoxy) is 2. The minimum atomic E-state index is -0.832. The van der Waals surface area contributed by atoms with Crippen molar-refractivity contribution in [3.8, 4) is 5.75 Å². The summed E-state index contributed by atoms with van der Waals surface area (Å²) in [6, 6.07) is 6.61. The summed E-state index contributed by atoms with van der Waals surface area (Å²) in [5.74, 6) is 4.89. The predicted molar refractivity (Wildman–Crippen MR) is 69.4 cm³/mol. The van der Waals surface area contributed by atoms with Crippen LogP contribution in [0.4, 0.5) is 5.69 Å². The van der Waals surface area contributed by atoms with Crippen molar-refractivity contribution in [1.29, 1.82) is 0 Å². The molecule has 0 aliphatic carbocycles. The highest BCUT2D eigenvalue weighted by molar-refractivity contribution is 5.88. The molecule has 0 saturated carbocycles. The van der Waals surface area contributed by atoms with Crippen LogP contribution in [0.25, 0.3) is 0 Å². The first kappa shape index (κ1) is 14.9. The lowest BCUT2D eigenvalue weighted by Crippen LogP contribution is -2.44. The van der Waals surface area contributed by atoms with Crippen molar-refractivity contribution >= 4 is 17.5 Å². The van der Waals surface area contributed by atoms with Gasteiger partial charge in [0.1, 0.15) is 5.75 Å². The van der Waals surface area contributed by atoms with Gasteiger partial charge in [0, 0.05) is 19.7 Å². The van der Waals surface area contributed by atoms with Gasteiger partial charge in [-0.3, -0.25) is 15.0 Å². The number of carbonyl (C=O) groups excluding carboxylic acids is 2. The topological polar surface area (TPSA) is 103 Å². The zero-order valence-electron chi connectivity index (χ0n) is 10.8. The summed E-state index contributed by atoms with van der Waals surface area (Å²) in [7, 11) is 1.46. The van der Waals surface area contributed by atoms with E-state index in [0.717, 1.165) is 0 Å². The van der Waals surface area contributed by atoms with Crippen molar-refractivity contribution in [2.45, 2.75) is 13.0 Å². The van der Waals surface area contributed by atoms with Crippen molar-refractivity contribution in [2.75, 3.05) is 19.0 Å². The molecule has 104 valence electrons. The number of methoxy groups -OCH3 is 1. The van der Waals surface area contributed by atoms with E-state index < -0.39 is 12.0 Å². The fourth-order valence-electron chi connectivity index (χ4n) is 1.39. The molecule has 19 heavy (non-hydrogen) atoms. The second kappa shape index (κ2) is 7.34. The Bertz CT molecular complexity index is 433. The fraction of sp³-hybridized carbons (Fsp3) is 0.333. The molecule has 0 bridgehead atoms. The van der Waals surface area contributed by atoms with E-state index in [1.165, 1.54) is 14.0 Å². The van der Waals surface area contributed by atoms with Gasteiger partial charge in [0.15, 0.2) is 0 Å². The molecule has 0 radical (unpaired) electrons. The number of anilines is 1. The Morgan fingerprint density at radius 3 is 2.42 bits per heavy atom. The van der Waals surface area contributed by atoms with Gasteiger partial charge in [0.2, 0.25) is 12.0 Å². The monoisotopic (exact) mass is 267 g/mol. The van der Waals surface area contributed by atoms with E-state index in [9.17, 15) is 9.59 Å². The highest BCUT2D eigenvalue weighted by Gasteiger charge is 2.19. The summed E-state index contributed by atoms with van der Waals surface area (Å²) in [5, 5.41) is 2.63. The highest BCUT2D eigenvalue weighted by atomic mass is 16.5. The quantitative estimate of drug-likeness (QED) is 0.383. The smallest absolute Gasteiger partial charge is 0.277 e. The number of nitrogens with one attached hydrogen (secondary N) is 2. The molecule has 0 heterocycles. The van der Waals surface area contributed by atoms with E-state index >= 15 is 0 Å². The van der Waals surface area contributed by atoms with Gasteiger partial charge in [-0.25, -0.2) is 5.84 Å². The van der Waals surface area contributed by atoms with Crippen LogP contribution in [0.5, 0.6) is 5.75 Å². The molecular weight excluding hydrogens is 250 g/mol. The number of hydrogen-bond acceptors (Lipinski definition) is 5. The number of hydrogen-bond donors (Lipinski definition) is 3. The van der Waals surface area contributed by atoms with Gasteiger partial charge < -0.3 is 14.8 Å². The van der Waals surface area contributed by atoms with Gasteiger partial charge in [-0.15, -0.1) is 0 Å². The van der Waals surface area contributed by atoms with E-state index in [-0.39, 0.29) is 12.5 Å². The molecule has 7 nitrogen and oxygen atoms in total. The van der Waals surface area contributed by atoms with Gasteiger partial charge in [-0.1, -0.05) is 0 Å². The van der Waals surface area contributed by atoms with Crippen molar-refractivity contribution in [3.05, 3.63) is 24.3 Å². The van der Waals surface area contributed by atoms with Crippen molar-refractivity contribution in [1.82, 2.24) is 5.43 Å². The van der Waals surface area contributed by atoms with Gasteiger partial charge in [0.05, 0.1) is 6.61 Å². The van der Waals surface area contributed by atoms with Crippen LogP contribution in [0, 0.1) is 0 Å². The van der Waals surface area contributed by atoms with Crippen molar-refractivity contribution in [3.63, 3.8) is 0 Å². The summed E-state index contributed by atoms with van der Waals surface area (Å²) in [6.45, 7) is 1.50. The minimum Gasteiger partial charge on any atom is -0.478 e. The van der Waals surface area contributed by atoms with Gasteiger partial charge in [-0.05, 0) is 24.3 Å². The number of benzene rings is 1. The first-order valence-electron chi connectivity index (χ1n) is 5.60. The second-order valence-electron chi connectivity index (χ2n) is 3.78. The van der Waals surface area contributed by atoms with Crippen LogP contribution >= 0.6 is 0 Å². The predicted octanol–water partition coefficient (Wildman–Crippen LogP) is 0.0287. The molecule has 0 spiro atoms. The average molecular weight is 267 g/mol. The summed E-state index contributed by atoms with van der Waals surface area (Å²) < 4.78 is 10.3. The maximum atomic E-state index is 11.4. The third-order valence-electron chi connectivity index (χ3n) is 2.21. The first-order valence-corrected chi connectivity index (χ1v) is 5.60. The molecular formula is C12H17N3O4. The van der Waals surface area contributed by atoms with E-state index in [1.54, 1.807) is 24.3 Å². The Morgan fingerprint density at radius 1 is 1.32 bits per heavy atom. The zero-order chi connectivity index (χ0) is 14.3. The first-order chi connectivity index (χ1) is 9.06. The lowest BCUT2D eigenvalue weighted by Gasteiger charge is -2.16. The molecule has 4 N–H and O–H groups in total. The molecule has 0 aromatic heterocycles. The van der Waals surface area contributed by atoms with Crippen molar-refractivity contribution < 1.29 is 19.1 Å². The van der Waals surface area contributed by atoms with Crippen LogP contribution in [-0.4, -0.2) is 31.6 Å². The highest BCUT2D eigenvalue weighted by Crippen LogP contribution is 2.17. The lowest BCUT2D eigenvalue weighted by atomic mass is 10.3. The molecule has 0 aliphatic rings. The maximum Gasteiger partial charge on any atom is 0.277 e.